The van der Waals surface area contributed by atoms with Crippen molar-refractivity contribution in [2.75, 3.05) is 0 Å². The zero-order valence-corrected chi connectivity index (χ0v) is 74.5. The van der Waals surface area contributed by atoms with Gasteiger partial charge in [0.15, 0.2) is 0 Å². The highest BCUT2D eigenvalue weighted by molar-refractivity contribution is 6.18. The van der Waals surface area contributed by atoms with Crippen LogP contribution in [0.4, 0.5) is 0 Å². The van der Waals surface area contributed by atoms with E-state index >= 15 is 0 Å². The molecule has 24 rings (SSSR count). The van der Waals surface area contributed by atoms with Crippen LogP contribution in [0.5, 0.6) is 0 Å². The van der Waals surface area contributed by atoms with Gasteiger partial charge < -0.3 is 18.3 Å². The molecule has 0 aliphatic carbocycles. The summed E-state index contributed by atoms with van der Waals surface area (Å²) >= 11 is 0. The lowest BCUT2D eigenvalue weighted by molar-refractivity contribution is 1.12. The van der Waals surface area contributed by atoms with Crippen LogP contribution in [0.2, 0.25) is 0 Å². The number of aromatic nitrogens is 6. The summed E-state index contributed by atoms with van der Waals surface area (Å²) in [6.07, 6.45) is 0. The SMILES string of the molecule is N#Cc1cc(-n2c3ccccc3c3cc(-c4ccccc4C#N)ccc32)c(-c2cccc(-c3ccccc3)n2)c(-n2c3ccc(-c4ccccc4C#N)cc3c3cc(-c4cccc(C#N)c4-c4ccc5c6ccc(-c7ccccc7C#N)cc6n(-c6cc(C#N)cc(-n7c8cc(-c9ccccc9C#N)ccc8c8ccc(-c9ccccc9C#N)cc87)c6-c6cccc(-c7ccccc7)n6)c5c4)ccc32)c1. The molecule has 6 aromatic heterocycles. The Kier molecular flexibility index (Phi) is 20.0. The van der Waals surface area contributed by atoms with E-state index in [1.54, 1.807) is 0 Å². The quantitative estimate of drug-likeness (QED) is 0.0941. The van der Waals surface area contributed by atoms with Crippen LogP contribution >= 0.6 is 0 Å². The molecule has 0 bridgehead atoms. The topological polar surface area (TPSA) is 236 Å². The van der Waals surface area contributed by atoms with Gasteiger partial charge in [0, 0.05) is 70.9 Å². The molecular formula is C126H68N14. The highest BCUT2D eigenvalue weighted by Crippen LogP contribution is 2.51. The average Bonchev–Trinajstić information content (AvgIpc) is 1.55. The van der Waals surface area contributed by atoms with Gasteiger partial charge in [-0.05, 0) is 224 Å². The van der Waals surface area contributed by atoms with E-state index in [0.29, 0.717) is 112 Å². The van der Waals surface area contributed by atoms with Crippen LogP contribution in [-0.4, -0.2) is 28.2 Å². The number of hydrogen-bond acceptors (Lipinski definition) is 10. The summed E-state index contributed by atoms with van der Waals surface area (Å²) < 4.78 is 8.88. The molecule has 0 unspecified atom stereocenters. The minimum atomic E-state index is 0.305. The third-order valence-electron chi connectivity index (χ3n) is 27.1. The first-order valence-corrected chi connectivity index (χ1v) is 45.6. The van der Waals surface area contributed by atoms with Crippen molar-refractivity contribution in [1.29, 1.82) is 42.1 Å². The van der Waals surface area contributed by atoms with Crippen LogP contribution in [0.15, 0.2) is 413 Å². The molecule has 0 N–H and O–H groups in total. The lowest BCUT2D eigenvalue weighted by Gasteiger charge is -2.21. The molecule has 0 saturated heterocycles. The smallest absolute Gasteiger partial charge is 0.0998 e. The first kappa shape index (κ1) is 82.5. The number of rotatable bonds is 15. The summed E-state index contributed by atoms with van der Waals surface area (Å²) in [7, 11) is 0. The van der Waals surface area contributed by atoms with Gasteiger partial charge >= 0.3 is 0 Å². The number of fused-ring (bicyclic) bond motifs is 12. The normalized spacial score (nSPS) is 11.2. The summed E-state index contributed by atoms with van der Waals surface area (Å²) in [6.45, 7) is 0. The minimum Gasteiger partial charge on any atom is -0.308 e. The van der Waals surface area contributed by atoms with E-state index in [0.717, 1.165) is 165 Å². The molecule has 0 radical (unpaired) electrons. The second-order valence-corrected chi connectivity index (χ2v) is 34.7. The zero-order valence-electron chi connectivity index (χ0n) is 74.5. The summed E-state index contributed by atoms with van der Waals surface area (Å²) in [5.41, 5.74) is 28.6. The molecule has 0 atom stereocenters. The van der Waals surface area contributed by atoms with Crippen LogP contribution in [0.1, 0.15) is 44.5 Å². The fourth-order valence-corrected chi connectivity index (χ4v) is 20.9. The molecule has 0 aliphatic rings. The molecule has 0 saturated carbocycles. The molecule has 140 heavy (non-hydrogen) atoms. The van der Waals surface area contributed by atoms with E-state index in [1.807, 2.05) is 285 Å². The van der Waals surface area contributed by atoms with Gasteiger partial charge in [0.25, 0.3) is 0 Å². The Labute approximate surface area is 803 Å². The van der Waals surface area contributed by atoms with Gasteiger partial charge in [-0.25, -0.2) is 9.97 Å². The average molecular weight is 1780 g/mol. The van der Waals surface area contributed by atoms with E-state index in [1.165, 1.54) is 0 Å². The lowest BCUT2D eigenvalue weighted by atomic mass is 9.89. The molecule has 0 spiro atoms. The van der Waals surface area contributed by atoms with Gasteiger partial charge in [-0.15, -0.1) is 0 Å². The molecule has 6 heterocycles. The molecule has 0 fully saturated rings. The predicted octanol–water partition coefficient (Wildman–Crippen LogP) is 30.2. The number of pyridine rings is 2. The van der Waals surface area contributed by atoms with Gasteiger partial charge in [-0.2, -0.15) is 42.1 Å². The molecule has 24 aromatic rings. The number of nitriles is 8. The van der Waals surface area contributed by atoms with E-state index in [4.69, 9.17) is 9.97 Å². The molecule has 14 heteroatoms. The van der Waals surface area contributed by atoms with Gasteiger partial charge in [0.05, 0.1) is 183 Å². The Bertz CT molecular complexity index is 9720. The van der Waals surface area contributed by atoms with Crippen LogP contribution < -0.4 is 0 Å². The predicted molar refractivity (Wildman–Crippen MR) is 557 cm³/mol. The summed E-state index contributed by atoms with van der Waals surface area (Å²) in [5.74, 6) is 0. The van der Waals surface area contributed by atoms with Crippen molar-refractivity contribution in [1.82, 2.24) is 28.2 Å². The number of hydrogen-bond donors (Lipinski definition) is 0. The standard InChI is InChI=1S/C126H68N14/c127-69-77-58-120(137-112-43-18-17-37-100(112)105-62-81(48-55-113(105)137)94-32-12-7-26-88(94)71-129)125(110-41-20-39-108(135-110)79-22-3-1-4-23-79)121(59-77)138-114-56-49-82(95-33-13-8-27-89(95)72-130)63-106(114)107-64-83(50-57-115(107)138)99-38-19-31-93(76-134)124(99)87-47-54-104-103-53-46-86(98-36-16-11-30-92(98)75-133)67-118(103)140(119(104)68-87)123-61-78(70-128)60-122(126(123)111-42-21-40-109(136-111)80-24-5-2-6-25-80)139-116-65-84(96-34-14-9-28-90(96)73-131)44-51-101(116)102-52-45-85(66-117(102)139)97-35-15-10-29-91(97)74-132/h1-68H. The van der Waals surface area contributed by atoms with Crippen molar-refractivity contribution < 1.29 is 0 Å². The molecule has 642 valence electrons. The van der Waals surface area contributed by atoms with Gasteiger partial charge in [-0.3, -0.25) is 0 Å². The maximum Gasteiger partial charge on any atom is 0.0998 e. The first-order valence-electron chi connectivity index (χ1n) is 45.6. The van der Waals surface area contributed by atoms with Crippen LogP contribution in [0.25, 0.3) is 233 Å². The fraction of sp³-hybridized carbons (Fsp3) is 0. The monoisotopic (exact) mass is 1780 g/mol. The van der Waals surface area contributed by atoms with Crippen molar-refractivity contribution in [3.8, 4) is 194 Å². The maximum absolute atomic E-state index is 12.0. The maximum atomic E-state index is 12.0. The molecule has 14 nitrogen and oxygen atoms in total. The second kappa shape index (κ2) is 33.9. The van der Waals surface area contributed by atoms with E-state index < -0.39 is 0 Å². The Morgan fingerprint density at radius 2 is 0.414 bits per heavy atom. The Hall–Kier alpha value is -20.6. The van der Waals surface area contributed by atoms with Crippen molar-refractivity contribution >= 4 is 87.2 Å². The molecule has 0 amide bonds. The first-order chi connectivity index (χ1) is 69.1. The van der Waals surface area contributed by atoms with E-state index in [-0.39, 0.29) is 0 Å². The van der Waals surface area contributed by atoms with Crippen molar-refractivity contribution in [3.05, 3.63) is 457 Å². The lowest BCUT2D eigenvalue weighted by Crippen LogP contribution is -2.06. The highest BCUT2D eigenvalue weighted by atomic mass is 15.0. The summed E-state index contributed by atoms with van der Waals surface area (Å²) in [4.78, 5) is 11.3. The van der Waals surface area contributed by atoms with Gasteiger partial charge in [-0.1, -0.05) is 261 Å². The summed E-state index contributed by atoms with van der Waals surface area (Å²) in [5, 5.41) is 96.4. The Morgan fingerprint density at radius 3 is 0.779 bits per heavy atom. The zero-order chi connectivity index (χ0) is 94.3. The number of benzene rings is 18. The number of nitrogens with zero attached hydrogens (tertiary/aromatic N) is 14. The molecule has 18 aromatic carbocycles. The highest BCUT2D eigenvalue weighted by Gasteiger charge is 2.31. The van der Waals surface area contributed by atoms with Crippen molar-refractivity contribution in [3.63, 3.8) is 0 Å². The Balaban J connectivity index is 0.775. The van der Waals surface area contributed by atoms with Crippen molar-refractivity contribution in [2.24, 2.45) is 0 Å². The van der Waals surface area contributed by atoms with Gasteiger partial charge in [0.1, 0.15) is 0 Å². The van der Waals surface area contributed by atoms with Gasteiger partial charge in [0.2, 0.25) is 0 Å². The Morgan fingerprint density at radius 1 is 0.157 bits per heavy atom. The minimum absolute atomic E-state index is 0.305. The largest absolute Gasteiger partial charge is 0.308 e. The van der Waals surface area contributed by atoms with Crippen LogP contribution in [0.3, 0.4) is 0 Å². The third-order valence-corrected chi connectivity index (χ3v) is 27.1. The van der Waals surface area contributed by atoms with Crippen LogP contribution in [-0.2, 0) is 0 Å². The summed E-state index contributed by atoms with van der Waals surface area (Å²) in [6, 6.07) is 156. The van der Waals surface area contributed by atoms with E-state index in [9.17, 15) is 42.1 Å². The van der Waals surface area contributed by atoms with E-state index in [2.05, 4.69) is 194 Å². The third kappa shape index (κ3) is 13.6. The fourth-order valence-electron chi connectivity index (χ4n) is 20.9. The van der Waals surface area contributed by atoms with Crippen LogP contribution in [0, 0.1) is 90.6 Å². The second-order valence-electron chi connectivity index (χ2n) is 34.7. The van der Waals surface area contributed by atoms with Crippen molar-refractivity contribution in [2.45, 2.75) is 0 Å². The molecular weight excluding hydrogens is 1710 g/mol. The molecule has 0 aliphatic heterocycles. The number of para-hydroxylation sites is 1.